The molecule has 0 spiro atoms. The van der Waals surface area contributed by atoms with Crippen LogP contribution in [-0.2, 0) is 23.7 Å². The number of esters is 1. The van der Waals surface area contributed by atoms with E-state index < -0.39 is 5.41 Å². The predicted octanol–water partition coefficient (Wildman–Crippen LogP) is 20.2. The van der Waals surface area contributed by atoms with Crippen LogP contribution >= 0.6 is 0 Å². The summed E-state index contributed by atoms with van der Waals surface area (Å²) in [7, 11) is 0. The fourth-order valence-electron chi connectivity index (χ4n) is 10.0. The molecule has 72 heavy (non-hydrogen) atoms. The van der Waals surface area contributed by atoms with E-state index in [4.69, 9.17) is 18.9 Å². The molecule has 6 heteroatoms. The molecule has 424 valence electrons. The molecule has 0 radical (unpaired) electrons. The highest BCUT2D eigenvalue weighted by Gasteiger charge is 2.34. The Labute approximate surface area is 450 Å². The van der Waals surface area contributed by atoms with E-state index in [-0.39, 0.29) is 5.97 Å². The first-order chi connectivity index (χ1) is 35.7. The molecule has 0 aromatic carbocycles. The highest BCUT2D eigenvalue weighted by atomic mass is 16.5. The zero-order valence-electron chi connectivity index (χ0n) is 48.8. The van der Waals surface area contributed by atoms with Crippen LogP contribution in [0.25, 0.3) is 0 Å². The third-order valence-corrected chi connectivity index (χ3v) is 15.0. The number of likely N-dealkylation sites (tertiary alicyclic amines) is 1. The SMILES string of the molecule is CCCCCCCC/C=C\CCCCCCCCOCC(COCCCCCCCC/C=C\CCCCCCCC)(COCCCCCCCC/C=C\CCCCCCCC)COC(=O)CCN1CCCC1. The molecule has 0 N–H and O–H groups in total. The van der Waals surface area contributed by atoms with Crippen molar-refractivity contribution in [3.8, 4) is 0 Å². The molecule has 1 aliphatic heterocycles. The van der Waals surface area contributed by atoms with E-state index in [9.17, 15) is 4.79 Å². The van der Waals surface area contributed by atoms with Crippen molar-refractivity contribution in [1.82, 2.24) is 4.90 Å². The zero-order valence-corrected chi connectivity index (χ0v) is 48.8. The molecule has 0 unspecified atom stereocenters. The van der Waals surface area contributed by atoms with Gasteiger partial charge in [0.05, 0.1) is 31.7 Å². The van der Waals surface area contributed by atoms with Gasteiger partial charge in [-0.05, 0) is 122 Å². The number of ether oxygens (including phenoxy) is 4. The first-order valence-electron chi connectivity index (χ1n) is 32.2. The Bertz CT molecular complexity index is 1050. The molecule has 0 bridgehead atoms. The maximum Gasteiger partial charge on any atom is 0.307 e. The van der Waals surface area contributed by atoms with Gasteiger partial charge in [0.15, 0.2) is 0 Å². The molecule has 6 nitrogen and oxygen atoms in total. The molecule has 0 atom stereocenters. The van der Waals surface area contributed by atoms with Crippen LogP contribution in [-0.4, -0.2) is 76.8 Å². The summed E-state index contributed by atoms with van der Waals surface area (Å²) >= 11 is 0. The summed E-state index contributed by atoms with van der Waals surface area (Å²) in [4.78, 5) is 15.6. The van der Waals surface area contributed by atoms with Gasteiger partial charge in [0.25, 0.3) is 0 Å². The van der Waals surface area contributed by atoms with Crippen molar-refractivity contribution in [2.75, 3.05) is 65.9 Å². The second-order valence-corrected chi connectivity index (χ2v) is 22.4. The Morgan fingerprint density at radius 2 is 0.625 bits per heavy atom. The average Bonchev–Trinajstić information content (AvgIpc) is 3.92. The number of rotatable bonds is 59. The van der Waals surface area contributed by atoms with Crippen molar-refractivity contribution >= 4 is 5.97 Å². The maximum atomic E-state index is 13.2. The Hall–Kier alpha value is -1.47. The Morgan fingerprint density at radius 3 is 0.917 bits per heavy atom. The van der Waals surface area contributed by atoms with Gasteiger partial charge in [-0.3, -0.25) is 4.79 Å². The maximum absolute atomic E-state index is 13.2. The Morgan fingerprint density at radius 1 is 0.361 bits per heavy atom. The van der Waals surface area contributed by atoms with Crippen molar-refractivity contribution in [2.45, 2.75) is 310 Å². The van der Waals surface area contributed by atoms with E-state index in [0.29, 0.717) is 32.8 Å². The van der Waals surface area contributed by atoms with E-state index in [1.807, 2.05) is 0 Å². The minimum atomic E-state index is -0.503. The van der Waals surface area contributed by atoms with Crippen LogP contribution in [0.1, 0.15) is 310 Å². The van der Waals surface area contributed by atoms with Crippen molar-refractivity contribution in [1.29, 1.82) is 0 Å². The highest BCUT2D eigenvalue weighted by molar-refractivity contribution is 5.69. The Balaban J connectivity index is 2.57. The Kier molecular flexibility index (Phi) is 54.5. The highest BCUT2D eigenvalue weighted by Crippen LogP contribution is 2.23. The molecule has 0 aromatic rings. The molecule has 0 aliphatic carbocycles. The fourth-order valence-corrected chi connectivity index (χ4v) is 10.0. The smallest absolute Gasteiger partial charge is 0.307 e. The molecule has 1 rings (SSSR count). The molecule has 0 amide bonds. The zero-order chi connectivity index (χ0) is 51.6. The lowest BCUT2D eigenvalue weighted by atomic mass is 9.92. The first kappa shape index (κ1) is 68.5. The van der Waals surface area contributed by atoms with Crippen LogP contribution in [0.3, 0.4) is 0 Å². The van der Waals surface area contributed by atoms with Crippen LogP contribution in [0.4, 0.5) is 0 Å². The van der Waals surface area contributed by atoms with Crippen LogP contribution in [0, 0.1) is 5.41 Å². The van der Waals surface area contributed by atoms with Gasteiger partial charge in [-0.15, -0.1) is 0 Å². The number of unbranched alkanes of at least 4 members (excludes halogenated alkanes) is 36. The summed E-state index contributed by atoms with van der Waals surface area (Å²) in [6, 6.07) is 0. The summed E-state index contributed by atoms with van der Waals surface area (Å²) in [5.74, 6) is -0.110. The normalized spacial score (nSPS) is 13.6. The summed E-state index contributed by atoms with van der Waals surface area (Å²) in [6.07, 6.45) is 72.0. The minimum Gasteiger partial charge on any atom is -0.465 e. The summed E-state index contributed by atoms with van der Waals surface area (Å²) < 4.78 is 25.6. The summed E-state index contributed by atoms with van der Waals surface area (Å²) in [6.45, 7) is 13.8. The number of nitrogens with zero attached hydrogens (tertiary/aromatic N) is 1. The van der Waals surface area contributed by atoms with Gasteiger partial charge in [-0.25, -0.2) is 0 Å². The van der Waals surface area contributed by atoms with Gasteiger partial charge in [0, 0.05) is 26.4 Å². The lowest BCUT2D eigenvalue weighted by molar-refractivity contribution is -0.156. The van der Waals surface area contributed by atoms with Gasteiger partial charge in [-0.1, -0.05) is 231 Å². The molecular weight excluding hydrogens is 887 g/mol. The molecule has 1 aliphatic rings. The van der Waals surface area contributed by atoms with E-state index in [2.05, 4.69) is 62.1 Å². The van der Waals surface area contributed by atoms with Crippen molar-refractivity contribution < 1.29 is 23.7 Å². The second-order valence-electron chi connectivity index (χ2n) is 22.4. The fraction of sp³-hybridized carbons (Fsp3) is 0.894. The van der Waals surface area contributed by atoms with E-state index >= 15 is 0 Å². The lowest BCUT2D eigenvalue weighted by Crippen LogP contribution is -2.42. The van der Waals surface area contributed by atoms with E-state index in [1.165, 1.54) is 263 Å². The number of carbonyl (C=O) groups is 1. The lowest BCUT2D eigenvalue weighted by Gasteiger charge is -2.33. The van der Waals surface area contributed by atoms with Crippen LogP contribution in [0.2, 0.25) is 0 Å². The third-order valence-electron chi connectivity index (χ3n) is 15.0. The van der Waals surface area contributed by atoms with Crippen LogP contribution < -0.4 is 0 Å². The van der Waals surface area contributed by atoms with Gasteiger partial charge >= 0.3 is 5.97 Å². The van der Waals surface area contributed by atoms with Gasteiger partial charge in [-0.2, -0.15) is 0 Å². The van der Waals surface area contributed by atoms with Crippen molar-refractivity contribution in [3.05, 3.63) is 36.5 Å². The number of allylic oxidation sites excluding steroid dienone is 6. The van der Waals surface area contributed by atoms with Gasteiger partial charge < -0.3 is 23.8 Å². The van der Waals surface area contributed by atoms with Crippen molar-refractivity contribution in [2.24, 2.45) is 5.41 Å². The van der Waals surface area contributed by atoms with E-state index in [1.54, 1.807) is 0 Å². The number of carbonyl (C=O) groups excluding carboxylic acids is 1. The first-order valence-corrected chi connectivity index (χ1v) is 32.2. The minimum absolute atomic E-state index is 0.110. The van der Waals surface area contributed by atoms with Crippen LogP contribution in [0.5, 0.6) is 0 Å². The average molecular weight is 1010 g/mol. The summed E-state index contributed by atoms with van der Waals surface area (Å²) in [5, 5.41) is 0. The second kappa shape index (κ2) is 57.2. The standard InChI is InChI=1S/C66H125NO5/c1-4-7-10-13-16-19-22-25-28-31-34-37-40-43-46-51-58-69-61-66(64-72-65(68)54-57-67-55-49-50-56-67,62-70-59-52-47-44-41-38-35-32-29-26-23-20-17-14-11-8-5-2)63-71-60-53-48-45-42-39-36-33-30-27-24-21-18-15-12-9-6-3/h25-30H,4-24,31-64H2,1-3H3/b28-25-,29-26-,30-27-. The quantitative estimate of drug-likeness (QED) is 0.0344. The molecule has 1 heterocycles. The summed E-state index contributed by atoms with van der Waals surface area (Å²) in [5.41, 5.74) is -0.503. The van der Waals surface area contributed by atoms with Crippen LogP contribution in [0.15, 0.2) is 36.5 Å². The molecule has 1 saturated heterocycles. The van der Waals surface area contributed by atoms with E-state index in [0.717, 1.165) is 58.7 Å². The molecule has 1 fully saturated rings. The van der Waals surface area contributed by atoms with Crippen molar-refractivity contribution in [3.63, 3.8) is 0 Å². The largest absolute Gasteiger partial charge is 0.465 e. The van der Waals surface area contributed by atoms with Gasteiger partial charge in [0.2, 0.25) is 0 Å². The predicted molar refractivity (Wildman–Crippen MR) is 314 cm³/mol. The molecule has 0 aromatic heterocycles. The molecule has 0 saturated carbocycles. The number of hydrogen-bond acceptors (Lipinski definition) is 6. The molecular formula is C66H125NO5. The topological polar surface area (TPSA) is 57.2 Å². The van der Waals surface area contributed by atoms with Gasteiger partial charge in [0.1, 0.15) is 6.61 Å². The number of hydrogen-bond donors (Lipinski definition) is 0. The monoisotopic (exact) mass is 1010 g/mol. The third kappa shape index (κ3) is 49.4.